The van der Waals surface area contributed by atoms with E-state index in [0.29, 0.717) is 5.75 Å². The number of imide groups is 1. The van der Waals surface area contributed by atoms with Gasteiger partial charge in [0.1, 0.15) is 17.8 Å². The molecule has 8 nitrogen and oxygen atoms in total. The number of hydrogen-bond acceptors (Lipinski definition) is 6. The summed E-state index contributed by atoms with van der Waals surface area (Å²) in [5.74, 6) is -1.24. The second-order valence-corrected chi connectivity index (χ2v) is 7.14. The molecule has 1 saturated carbocycles. The summed E-state index contributed by atoms with van der Waals surface area (Å²) in [4.78, 5) is 49.4. The number of ether oxygens (including phenoxy) is 2. The van der Waals surface area contributed by atoms with Gasteiger partial charge in [0.25, 0.3) is 5.91 Å². The largest absolute Gasteiger partial charge is 0.495 e. The monoisotopic (exact) mass is 394 g/mol. The number of halogens is 1. The van der Waals surface area contributed by atoms with Crippen molar-refractivity contribution in [2.45, 2.75) is 25.3 Å². The number of carbonyl (C=O) groups is 4. The summed E-state index contributed by atoms with van der Waals surface area (Å²) in [6.07, 6.45) is 1.72. The van der Waals surface area contributed by atoms with Gasteiger partial charge in [0, 0.05) is 5.56 Å². The van der Waals surface area contributed by atoms with Gasteiger partial charge in [0.2, 0.25) is 0 Å². The molecular weight excluding hydrogens is 376 g/mol. The third-order valence-corrected chi connectivity index (χ3v) is 5.12. The van der Waals surface area contributed by atoms with Crippen LogP contribution in [0.5, 0.6) is 5.75 Å². The molecule has 1 aliphatic carbocycles. The summed E-state index contributed by atoms with van der Waals surface area (Å²) in [6.45, 7) is 0.599. The van der Waals surface area contributed by atoms with Crippen LogP contribution in [0.1, 0.15) is 30.1 Å². The molecule has 1 N–H and O–H groups in total. The van der Waals surface area contributed by atoms with Gasteiger partial charge < -0.3 is 14.8 Å². The lowest BCUT2D eigenvalue weighted by atomic mass is 9.96. The van der Waals surface area contributed by atoms with Crippen LogP contribution in [0, 0.1) is 5.92 Å². The zero-order valence-corrected chi connectivity index (χ0v) is 15.7. The number of nitrogens with one attached hydrogen (secondary N) is 1. The summed E-state index contributed by atoms with van der Waals surface area (Å²) >= 11 is 5.97. The summed E-state index contributed by atoms with van der Waals surface area (Å²) in [5.41, 5.74) is -0.711. The van der Waals surface area contributed by atoms with Crippen molar-refractivity contribution in [3.63, 3.8) is 0 Å². The number of esters is 1. The first kappa shape index (κ1) is 19.2. The molecule has 3 amide bonds. The first-order valence-electron chi connectivity index (χ1n) is 8.42. The SMILES string of the molecule is COc1ccc(C(=O)COC(=O)CN2C(=O)N[C@@](C)(C3CC3)C2=O)cc1Cl. The fourth-order valence-electron chi connectivity index (χ4n) is 3.04. The van der Waals surface area contributed by atoms with Gasteiger partial charge in [0.05, 0.1) is 12.1 Å². The van der Waals surface area contributed by atoms with Gasteiger partial charge in [-0.1, -0.05) is 11.6 Å². The lowest BCUT2D eigenvalue weighted by Crippen LogP contribution is -2.46. The van der Waals surface area contributed by atoms with Crippen LogP contribution in [0.2, 0.25) is 5.02 Å². The van der Waals surface area contributed by atoms with Crippen LogP contribution < -0.4 is 10.1 Å². The van der Waals surface area contributed by atoms with E-state index in [4.69, 9.17) is 21.1 Å². The Labute approximate surface area is 160 Å². The second kappa shape index (κ2) is 7.19. The Kier molecular flexibility index (Phi) is 5.10. The highest BCUT2D eigenvalue weighted by Gasteiger charge is 2.56. The van der Waals surface area contributed by atoms with E-state index < -0.39 is 42.4 Å². The zero-order chi connectivity index (χ0) is 19.8. The summed E-state index contributed by atoms with van der Waals surface area (Å²) < 4.78 is 9.93. The second-order valence-electron chi connectivity index (χ2n) is 6.73. The molecular formula is C18H19ClN2O6. The Morgan fingerprint density at radius 1 is 1.33 bits per heavy atom. The van der Waals surface area contributed by atoms with Gasteiger partial charge in [-0.05, 0) is 43.9 Å². The van der Waals surface area contributed by atoms with Gasteiger partial charge in [-0.3, -0.25) is 19.3 Å². The van der Waals surface area contributed by atoms with E-state index in [0.717, 1.165) is 17.7 Å². The van der Waals surface area contributed by atoms with E-state index in [-0.39, 0.29) is 16.5 Å². The molecule has 1 atom stereocenters. The number of ketones is 1. The minimum Gasteiger partial charge on any atom is -0.495 e. The van der Waals surface area contributed by atoms with Crippen LogP contribution in [0.4, 0.5) is 4.79 Å². The molecule has 1 heterocycles. The quantitative estimate of drug-likeness (QED) is 0.430. The van der Waals surface area contributed by atoms with Crippen LogP contribution in [-0.2, 0) is 14.3 Å². The van der Waals surface area contributed by atoms with Gasteiger partial charge >= 0.3 is 12.0 Å². The molecule has 0 unspecified atom stereocenters. The van der Waals surface area contributed by atoms with Gasteiger partial charge in [-0.15, -0.1) is 0 Å². The molecule has 144 valence electrons. The van der Waals surface area contributed by atoms with Crippen molar-refractivity contribution in [1.82, 2.24) is 10.2 Å². The van der Waals surface area contributed by atoms with Crippen molar-refractivity contribution in [2.24, 2.45) is 5.92 Å². The number of rotatable bonds is 7. The Hall–Kier alpha value is -2.61. The normalized spacial score (nSPS) is 21.8. The third kappa shape index (κ3) is 3.75. The van der Waals surface area contributed by atoms with E-state index >= 15 is 0 Å². The first-order valence-corrected chi connectivity index (χ1v) is 8.80. The van der Waals surface area contributed by atoms with Crippen molar-refractivity contribution < 1.29 is 28.7 Å². The van der Waals surface area contributed by atoms with E-state index in [2.05, 4.69) is 5.32 Å². The third-order valence-electron chi connectivity index (χ3n) is 4.82. The topological polar surface area (TPSA) is 102 Å². The molecule has 27 heavy (non-hydrogen) atoms. The lowest BCUT2D eigenvalue weighted by molar-refractivity contribution is -0.146. The molecule has 2 fully saturated rings. The van der Waals surface area contributed by atoms with E-state index in [1.807, 2.05) is 0 Å². The molecule has 0 radical (unpaired) electrons. The molecule has 1 aliphatic heterocycles. The summed E-state index contributed by atoms with van der Waals surface area (Å²) in [5, 5.41) is 2.90. The number of carbonyl (C=O) groups excluding carboxylic acids is 4. The van der Waals surface area contributed by atoms with Crippen molar-refractivity contribution in [2.75, 3.05) is 20.3 Å². The number of benzene rings is 1. The molecule has 1 aromatic carbocycles. The lowest BCUT2D eigenvalue weighted by Gasteiger charge is -2.20. The Bertz CT molecular complexity index is 822. The number of hydrogen-bond donors (Lipinski definition) is 1. The number of amides is 3. The van der Waals surface area contributed by atoms with Crippen LogP contribution >= 0.6 is 11.6 Å². The molecule has 0 spiro atoms. The summed E-state index contributed by atoms with van der Waals surface area (Å²) in [7, 11) is 1.45. The van der Waals surface area contributed by atoms with Gasteiger partial charge in [0.15, 0.2) is 12.4 Å². The maximum absolute atomic E-state index is 12.5. The Morgan fingerprint density at radius 2 is 2.04 bits per heavy atom. The fraction of sp³-hybridized carbons (Fsp3) is 0.444. The Balaban J connectivity index is 1.55. The van der Waals surface area contributed by atoms with Crippen molar-refractivity contribution >= 4 is 35.3 Å². The zero-order valence-electron chi connectivity index (χ0n) is 14.9. The molecule has 0 aromatic heterocycles. The van der Waals surface area contributed by atoms with Crippen molar-refractivity contribution in [3.05, 3.63) is 28.8 Å². The predicted molar refractivity (Wildman–Crippen MR) is 94.7 cm³/mol. The fourth-order valence-corrected chi connectivity index (χ4v) is 3.30. The van der Waals surface area contributed by atoms with Crippen molar-refractivity contribution in [1.29, 1.82) is 0 Å². The molecule has 1 saturated heterocycles. The van der Waals surface area contributed by atoms with Crippen LogP contribution in [0.3, 0.4) is 0 Å². The van der Waals surface area contributed by atoms with Crippen LogP contribution in [0.15, 0.2) is 18.2 Å². The number of nitrogens with zero attached hydrogens (tertiary/aromatic N) is 1. The average Bonchev–Trinajstić information content (AvgIpc) is 3.46. The van der Waals surface area contributed by atoms with E-state index in [9.17, 15) is 19.2 Å². The minimum atomic E-state index is -0.965. The average molecular weight is 395 g/mol. The standard InChI is InChI=1S/C18H19ClN2O6/c1-18(11-4-5-11)16(24)21(17(25)20-18)8-15(23)27-9-13(22)10-3-6-14(26-2)12(19)7-10/h3,6-7,11H,4-5,8-9H2,1-2H3,(H,20,25)/t18-/m0/s1. The van der Waals surface area contributed by atoms with Crippen LogP contribution in [-0.4, -0.2) is 54.4 Å². The minimum absolute atomic E-state index is 0.0939. The molecule has 3 rings (SSSR count). The molecule has 2 aliphatic rings. The highest BCUT2D eigenvalue weighted by Crippen LogP contribution is 2.42. The highest BCUT2D eigenvalue weighted by atomic mass is 35.5. The number of urea groups is 1. The smallest absolute Gasteiger partial charge is 0.326 e. The number of Topliss-reactive ketones (excluding diaryl/α,β-unsaturated/α-hetero) is 1. The van der Waals surface area contributed by atoms with Gasteiger partial charge in [-0.2, -0.15) is 0 Å². The van der Waals surface area contributed by atoms with E-state index in [1.54, 1.807) is 6.92 Å². The van der Waals surface area contributed by atoms with Crippen LogP contribution in [0.25, 0.3) is 0 Å². The summed E-state index contributed by atoms with van der Waals surface area (Å²) in [6, 6.07) is 3.82. The predicted octanol–water partition coefficient (Wildman–Crippen LogP) is 1.79. The Morgan fingerprint density at radius 3 is 2.63 bits per heavy atom. The number of methoxy groups -OCH3 is 1. The molecule has 9 heteroatoms. The molecule has 0 bridgehead atoms. The molecule has 1 aromatic rings. The van der Waals surface area contributed by atoms with Gasteiger partial charge in [-0.25, -0.2) is 4.79 Å². The van der Waals surface area contributed by atoms with E-state index in [1.165, 1.54) is 25.3 Å². The van der Waals surface area contributed by atoms with Crippen molar-refractivity contribution in [3.8, 4) is 5.75 Å². The maximum Gasteiger partial charge on any atom is 0.326 e. The first-order chi connectivity index (χ1) is 12.8. The highest BCUT2D eigenvalue weighted by molar-refractivity contribution is 6.32. The maximum atomic E-state index is 12.5.